The molecule has 0 radical (unpaired) electrons. The molecule has 1 fully saturated rings. The molecule has 42 heavy (non-hydrogen) atoms. The lowest BCUT2D eigenvalue weighted by atomic mass is 9.91. The van der Waals surface area contributed by atoms with Gasteiger partial charge in [0.15, 0.2) is 5.78 Å². The normalized spacial score (nSPS) is 18.1. The number of benzene rings is 2. The van der Waals surface area contributed by atoms with Crippen LogP contribution in [0.3, 0.4) is 0 Å². The Labute approximate surface area is 246 Å². The van der Waals surface area contributed by atoms with E-state index in [1.165, 1.54) is 27.1 Å². The second-order valence-corrected chi connectivity index (χ2v) is 12.5. The van der Waals surface area contributed by atoms with Crippen molar-refractivity contribution in [2.75, 3.05) is 19.6 Å². The van der Waals surface area contributed by atoms with Crippen molar-refractivity contribution < 1.29 is 27.5 Å². The minimum Gasteiger partial charge on any atom is -0.444 e. The molecule has 2 atom stereocenters. The zero-order valence-corrected chi connectivity index (χ0v) is 25.2. The second kappa shape index (κ2) is 13.3. The van der Waals surface area contributed by atoms with Crippen LogP contribution in [0.2, 0.25) is 0 Å². The predicted octanol–water partition coefficient (Wildman–Crippen LogP) is 7.46. The molecule has 2 aliphatic heterocycles. The van der Waals surface area contributed by atoms with Crippen LogP contribution in [0.15, 0.2) is 42.5 Å². The van der Waals surface area contributed by atoms with Crippen molar-refractivity contribution in [1.29, 1.82) is 0 Å². The van der Waals surface area contributed by atoms with Gasteiger partial charge in [0.25, 0.3) is 0 Å². The number of unbranched alkanes of at least 4 members (excludes halogenated alkanes) is 1. The molecule has 3 heterocycles. The number of fused-ring (bicyclic) bond motifs is 3. The highest BCUT2D eigenvalue weighted by Crippen LogP contribution is 2.30. The summed E-state index contributed by atoms with van der Waals surface area (Å²) < 4.78 is 45.4. The van der Waals surface area contributed by atoms with Crippen molar-refractivity contribution in [3.8, 4) is 0 Å². The number of carbonyl (C=O) groups excluding carboxylic acids is 2. The Morgan fingerprint density at radius 1 is 1.10 bits per heavy atom. The number of carbonyl (C=O) groups is 2. The number of Topliss-reactive ketones (excluding diaryl/α,β-unsaturated/α-hetero) is 1. The van der Waals surface area contributed by atoms with Crippen molar-refractivity contribution in [3.63, 3.8) is 0 Å². The van der Waals surface area contributed by atoms with Gasteiger partial charge < -0.3 is 14.6 Å². The summed E-state index contributed by atoms with van der Waals surface area (Å²) >= 11 is 0. The van der Waals surface area contributed by atoms with Gasteiger partial charge in [-0.1, -0.05) is 38.0 Å². The molecular formula is C33H42F3N3O3. The van der Waals surface area contributed by atoms with E-state index in [-0.39, 0.29) is 24.4 Å². The number of alkyl halides is 1. The zero-order chi connectivity index (χ0) is 30.6. The van der Waals surface area contributed by atoms with Gasteiger partial charge in [-0.15, -0.1) is 0 Å². The first-order chi connectivity index (χ1) is 19.8. The van der Waals surface area contributed by atoms with E-state index in [9.17, 15) is 22.8 Å². The van der Waals surface area contributed by atoms with Crippen LogP contribution in [0.1, 0.15) is 75.5 Å². The third kappa shape index (κ3) is 7.94. The molecule has 2 aliphatic rings. The van der Waals surface area contributed by atoms with Crippen LogP contribution in [0.5, 0.6) is 0 Å². The number of ketones is 1. The topological polar surface area (TPSA) is 65.6 Å². The van der Waals surface area contributed by atoms with E-state index in [4.69, 9.17) is 4.74 Å². The van der Waals surface area contributed by atoms with Crippen LogP contribution in [-0.2, 0) is 17.7 Å². The molecule has 3 aromatic rings. The Morgan fingerprint density at radius 3 is 2.40 bits per heavy atom. The van der Waals surface area contributed by atoms with Crippen LogP contribution in [0, 0.1) is 17.6 Å². The average molecular weight is 586 g/mol. The molecular weight excluding hydrogens is 543 g/mol. The van der Waals surface area contributed by atoms with Gasteiger partial charge in [0.2, 0.25) is 0 Å². The number of hydrogen-bond donors (Lipinski definition) is 1. The molecule has 9 heteroatoms. The van der Waals surface area contributed by atoms with E-state index in [1.54, 1.807) is 20.8 Å². The fraction of sp³-hybridized carbons (Fsp3) is 0.515. The maximum Gasteiger partial charge on any atom is 0.410 e. The Balaban J connectivity index is 0.000000193. The first kappa shape index (κ1) is 31.6. The number of ether oxygens (including phenoxy) is 1. The third-order valence-electron chi connectivity index (χ3n) is 7.74. The SMILES string of the molecule is CC(C)(C)OC(=O)N1CC(C(=O)c2cc(F)cc(F)c2)C1.CCCCC(F)CN1Cc2[nH]c3ccccc3c2CC1C. The highest BCUT2D eigenvalue weighted by Gasteiger charge is 2.38. The smallest absolute Gasteiger partial charge is 0.410 e. The van der Waals surface area contributed by atoms with E-state index in [1.807, 2.05) is 0 Å². The van der Waals surface area contributed by atoms with E-state index >= 15 is 0 Å². The molecule has 6 nitrogen and oxygen atoms in total. The van der Waals surface area contributed by atoms with E-state index in [0.29, 0.717) is 25.1 Å². The zero-order valence-electron chi connectivity index (χ0n) is 25.2. The van der Waals surface area contributed by atoms with Crippen molar-refractivity contribution in [1.82, 2.24) is 14.8 Å². The number of hydrogen-bond acceptors (Lipinski definition) is 4. The first-order valence-corrected chi connectivity index (χ1v) is 14.8. The summed E-state index contributed by atoms with van der Waals surface area (Å²) in [6.07, 6.45) is 2.58. The van der Waals surface area contributed by atoms with Gasteiger partial charge in [-0.05, 0) is 64.3 Å². The van der Waals surface area contributed by atoms with Crippen LogP contribution in [-0.4, -0.2) is 64.1 Å². The Bertz CT molecular complexity index is 1370. The van der Waals surface area contributed by atoms with Crippen molar-refractivity contribution in [2.45, 2.75) is 84.7 Å². The molecule has 0 saturated carbocycles. The van der Waals surface area contributed by atoms with Crippen LogP contribution in [0.4, 0.5) is 18.0 Å². The number of amides is 1. The van der Waals surface area contributed by atoms with Gasteiger partial charge in [-0.3, -0.25) is 9.69 Å². The van der Waals surface area contributed by atoms with Crippen molar-refractivity contribution in [2.24, 2.45) is 5.92 Å². The molecule has 0 aliphatic carbocycles. The standard InChI is InChI=1S/C18H25FN2.C15H17F2NO3/c1-3-4-7-14(19)11-21-12-18-16(10-13(21)2)15-8-5-6-9-17(15)20-18;1-15(2,3)21-14(20)18-7-10(8-18)13(19)9-4-11(16)6-12(17)5-9/h5-6,8-9,13-14,20H,3-4,7,10-12H2,1-2H3;4-6,10H,7-8H2,1-3H3. The maximum atomic E-state index is 14.1. The summed E-state index contributed by atoms with van der Waals surface area (Å²) in [5.41, 5.74) is 3.30. The number of halogens is 3. The van der Waals surface area contributed by atoms with Gasteiger partial charge in [0.1, 0.15) is 23.4 Å². The van der Waals surface area contributed by atoms with Gasteiger partial charge in [-0.2, -0.15) is 0 Å². The molecule has 5 rings (SSSR count). The lowest BCUT2D eigenvalue weighted by Crippen LogP contribution is -2.54. The summed E-state index contributed by atoms with van der Waals surface area (Å²) in [6, 6.07) is 11.6. The molecule has 0 bridgehead atoms. The molecule has 2 aromatic carbocycles. The molecule has 1 amide bonds. The number of nitrogens with one attached hydrogen (secondary N) is 1. The van der Waals surface area contributed by atoms with E-state index < -0.39 is 35.4 Å². The quantitative estimate of drug-likeness (QED) is 0.293. The van der Waals surface area contributed by atoms with Crippen molar-refractivity contribution in [3.05, 3.63) is 70.9 Å². The minimum absolute atomic E-state index is 0.0126. The summed E-state index contributed by atoms with van der Waals surface area (Å²) in [6.45, 7) is 11.4. The van der Waals surface area contributed by atoms with Gasteiger partial charge in [0.05, 0.1) is 5.92 Å². The van der Waals surface area contributed by atoms with E-state index in [2.05, 4.69) is 48.0 Å². The highest BCUT2D eigenvalue weighted by atomic mass is 19.1. The molecule has 2 unspecified atom stereocenters. The third-order valence-corrected chi connectivity index (χ3v) is 7.74. The fourth-order valence-electron chi connectivity index (χ4n) is 5.47. The number of H-pyrrole nitrogens is 1. The van der Waals surface area contributed by atoms with Crippen LogP contribution < -0.4 is 0 Å². The number of likely N-dealkylation sites (tertiary alicyclic amines) is 1. The van der Waals surface area contributed by atoms with Gasteiger partial charge in [0, 0.05) is 60.4 Å². The lowest BCUT2D eigenvalue weighted by molar-refractivity contribution is 0.00146. The number of aromatic amines is 1. The summed E-state index contributed by atoms with van der Waals surface area (Å²) in [7, 11) is 0. The predicted molar refractivity (Wildman–Crippen MR) is 158 cm³/mol. The number of para-hydroxylation sites is 1. The second-order valence-electron chi connectivity index (χ2n) is 12.5. The molecule has 1 saturated heterocycles. The van der Waals surface area contributed by atoms with Gasteiger partial charge in [-0.25, -0.2) is 18.0 Å². The van der Waals surface area contributed by atoms with E-state index in [0.717, 1.165) is 37.9 Å². The van der Waals surface area contributed by atoms with Crippen molar-refractivity contribution >= 4 is 22.8 Å². The first-order valence-electron chi connectivity index (χ1n) is 14.8. The molecule has 1 aromatic heterocycles. The maximum absolute atomic E-state index is 14.1. The largest absolute Gasteiger partial charge is 0.444 e. The Morgan fingerprint density at radius 2 is 1.76 bits per heavy atom. The number of nitrogens with zero attached hydrogens (tertiary/aromatic N) is 2. The molecule has 1 N–H and O–H groups in total. The number of aromatic nitrogens is 1. The minimum atomic E-state index is -0.790. The Hall–Kier alpha value is -3.33. The summed E-state index contributed by atoms with van der Waals surface area (Å²) in [5.74, 6) is -2.39. The summed E-state index contributed by atoms with van der Waals surface area (Å²) in [4.78, 5) is 31.0. The molecule has 0 spiro atoms. The fourth-order valence-corrected chi connectivity index (χ4v) is 5.47. The average Bonchev–Trinajstić information content (AvgIpc) is 3.22. The summed E-state index contributed by atoms with van der Waals surface area (Å²) in [5, 5.41) is 1.33. The number of rotatable bonds is 7. The molecule has 228 valence electrons. The van der Waals surface area contributed by atoms with Gasteiger partial charge >= 0.3 is 6.09 Å². The lowest BCUT2D eigenvalue weighted by Gasteiger charge is -2.38. The monoisotopic (exact) mass is 585 g/mol. The van der Waals surface area contributed by atoms with Crippen LogP contribution in [0.25, 0.3) is 10.9 Å². The highest BCUT2D eigenvalue weighted by molar-refractivity contribution is 5.99. The van der Waals surface area contributed by atoms with Crippen LogP contribution >= 0.6 is 0 Å². The Kier molecular flexibility index (Phi) is 10.0.